The third-order valence-electron chi connectivity index (χ3n) is 2.84. The van der Waals surface area contributed by atoms with E-state index in [-0.39, 0.29) is 0 Å². The Kier molecular flexibility index (Phi) is 3.48. The van der Waals surface area contributed by atoms with Crippen LogP contribution in [0.15, 0.2) is 18.2 Å². The predicted octanol–water partition coefficient (Wildman–Crippen LogP) is 0.753. The molecule has 1 atom stereocenters. The van der Waals surface area contributed by atoms with Crippen molar-refractivity contribution in [3.8, 4) is 0 Å². The highest BCUT2D eigenvalue weighted by molar-refractivity contribution is 5.99. The third-order valence-corrected chi connectivity index (χ3v) is 2.84. The van der Waals surface area contributed by atoms with Crippen LogP contribution in [0.2, 0.25) is 0 Å². The number of aliphatic hydroxyl groups is 3. The Balaban J connectivity index is 3.11. The SMILES string of the molecule is Cc1cccc(C(=O)C(C)C(O)(O)O)c1C. The van der Waals surface area contributed by atoms with Gasteiger partial charge in [0, 0.05) is 5.56 Å². The lowest BCUT2D eigenvalue weighted by atomic mass is 9.92. The van der Waals surface area contributed by atoms with E-state index in [4.69, 9.17) is 15.3 Å². The molecule has 1 unspecified atom stereocenters. The van der Waals surface area contributed by atoms with Gasteiger partial charge in [-0.25, -0.2) is 0 Å². The van der Waals surface area contributed by atoms with Crippen LogP contribution < -0.4 is 0 Å². The Hall–Kier alpha value is -1.23. The number of aryl methyl sites for hydroxylation is 1. The molecule has 1 aromatic carbocycles. The molecule has 0 spiro atoms. The molecule has 0 aliphatic carbocycles. The highest BCUT2D eigenvalue weighted by Gasteiger charge is 2.35. The first kappa shape index (κ1) is 12.8. The predicted molar refractivity (Wildman–Crippen MR) is 58.8 cm³/mol. The maximum atomic E-state index is 11.9. The highest BCUT2D eigenvalue weighted by atomic mass is 16.7. The fourth-order valence-corrected chi connectivity index (χ4v) is 1.43. The molecule has 1 rings (SSSR count). The minimum Gasteiger partial charge on any atom is -0.343 e. The van der Waals surface area contributed by atoms with E-state index in [0.717, 1.165) is 11.1 Å². The molecule has 0 bridgehead atoms. The van der Waals surface area contributed by atoms with Gasteiger partial charge in [-0.1, -0.05) is 18.2 Å². The summed E-state index contributed by atoms with van der Waals surface area (Å²) in [7, 11) is 0. The first-order valence-electron chi connectivity index (χ1n) is 5.02. The maximum absolute atomic E-state index is 11.9. The van der Waals surface area contributed by atoms with Crippen LogP contribution >= 0.6 is 0 Å². The topological polar surface area (TPSA) is 77.8 Å². The lowest BCUT2D eigenvalue weighted by Gasteiger charge is -2.21. The molecule has 4 heteroatoms. The zero-order chi connectivity index (χ0) is 12.5. The molecule has 0 aliphatic heterocycles. The second kappa shape index (κ2) is 4.33. The molecule has 4 nitrogen and oxygen atoms in total. The number of hydrogen-bond acceptors (Lipinski definition) is 4. The van der Waals surface area contributed by atoms with E-state index in [2.05, 4.69) is 0 Å². The van der Waals surface area contributed by atoms with Crippen molar-refractivity contribution in [2.45, 2.75) is 26.7 Å². The molecular weight excluding hydrogens is 208 g/mol. The monoisotopic (exact) mass is 224 g/mol. The van der Waals surface area contributed by atoms with Gasteiger partial charge in [-0.15, -0.1) is 0 Å². The molecule has 0 saturated carbocycles. The number of ketones is 1. The van der Waals surface area contributed by atoms with Crippen molar-refractivity contribution in [2.24, 2.45) is 5.92 Å². The van der Waals surface area contributed by atoms with E-state index >= 15 is 0 Å². The molecular formula is C12H16O4. The van der Waals surface area contributed by atoms with Crippen molar-refractivity contribution in [3.05, 3.63) is 34.9 Å². The van der Waals surface area contributed by atoms with Gasteiger partial charge in [0.1, 0.15) is 5.92 Å². The summed E-state index contributed by atoms with van der Waals surface area (Å²) >= 11 is 0. The van der Waals surface area contributed by atoms with Gasteiger partial charge in [-0.2, -0.15) is 0 Å². The van der Waals surface area contributed by atoms with Crippen LogP contribution in [0, 0.1) is 19.8 Å². The van der Waals surface area contributed by atoms with Crippen LogP contribution in [-0.2, 0) is 0 Å². The van der Waals surface area contributed by atoms with Gasteiger partial charge >= 0.3 is 0 Å². The van der Waals surface area contributed by atoms with Crippen LogP contribution in [0.1, 0.15) is 28.4 Å². The van der Waals surface area contributed by atoms with E-state index < -0.39 is 17.7 Å². The van der Waals surface area contributed by atoms with Gasteiger partial charge in [0.05, 0.1) is 0 Å². The number of hydrogen-bond donors (Lipinski definition) is 3. The molecule has 0 heterocycles. The van der Waals surface area contributed by atoms with Crippen molar-refractivity contribution in [3.63, 3.8) is 0 Å². The summed E-state index contributed by atoms with van der Waals surface area (Å²) in [5, 5.41) is 26.9. The first-order chi connectivity index (χ1) is 7.25. The summed E-state index contributed by atoms with van der Waals surface area (Å²) < 4.78 is 0. The summed E-state index contributed by atoms with van der Waals surface area (Å²) in [6.07, 6.45) is 0. The van der Waals surface area contributed by atoms with Crippen molar-refractivity contribution in [1.82, 2.24) is 0 Å². The fourth-order valence-electron chi connectivity index (χ4n) is 1.43. The van der Waals surface area contributed by atoms with Crippen LogP contribution in [0.25, 0.3) is 0 Å². The zero-order valence-corrected chi connectivity index (χ0v) is 9.56. The molecule has 0 aromatic heterocycles. The Morgan fingerprint density at radius 3 is 2.31 bits per heavy atom. The van der Waals surface area contributed by atoms with E-state index in [0.29, 0.717) is 5.56 Å². The standard InChI is InChI=1S/C12H16O4/c1-7-5-4-6-10(8(7)2)11(13)9(3)12(14,15)16/h4-6,9,14-16H,1-3H3. The number of carbonyl (C=O) groups is 1. The summed E-state index contributed by atoms with van der Waals surface area (Å²) in [5.74, 6) is -4.76. The van der Waals surface area contributed by atoms with Crippen molar-refractivity contribution in [2.75, 3.05) is 0 Å². The molecule has 3 N–H and O–H groups in total. The zero-order valence-electron chi connectivity index (χ0n) is 9.56. The van der Waals surface area contributed by atoms with Gasteiger partial charge in [-0.3, -0.25) is 4.79 Å². The third kappa shape index (κ3) is 2.47. The number of rotatable bonds is 3. The van der Waals surface area contributed by atoms with E-state index in [1.54, 1.807) is 19.1 Å². The lowest BCUT2D eigenvalue weighted by molar-refractivity contribution is -0.328. The Morgan fingerprint density at radius 1 is 1.25 bits per heavy atom. The van der Waals surface area contributed by atoms with Crippen LogP contribution in [0.4, 0.5) is 0 Å². The fraction of sp³-hybridized carbons (Fsp3) is 0.417. The van der Waals surface area contributed by atoms with Crippen molar-refractivity contribution >= 4 is 5.78 Å². The minimum absolute atomic E-state index is 0.397. The van der Waals surface area contributed by atoms with Gasteiger partial charge in [0.2, 0.25) is 0 Å². The van der Waals surface area contributed by atoms with Gasteiger partial charge in [0.25, 0.3) is 5.97 Å². The Bertz CT molecular complexity index is 404. The molecule has 88 valence electrons. The maximum Gasteiger partial charge on any atom is 0.285 e. The molecule has 0 aliphatic rings. The number of carbonyl (C=O) groups excluding carboxylic acids is 1. The molecule has 0 radical (unpaired) electrons. The van der Waals surface area contributed by atoms with Crippen LogP contribution in [-0.4, -0.2) is 27.1 Å². The second-order valence-electron chi connectivity index (χ2n) is 4.02. The summed E-state index contributed by atoms with van der Waals surface area (Å²) in [6, 6.07) is 5.18. The average Bonchev–Trinajstić information content (AvgIpc) is 2.18. The van der Waals surface area contributed by atoms with Crippen molar-refractivity contribution < 1.29 is 20.1 Å². The average molecular weight is 224 g/mol. The summed E-state index contributed by atoms with van der Waals surface area (Å²) in [5.41, 5.74) is 2.12. The Morgan fingerprint density at radius 2 is 1.81 bits per heavy atom. The van der Waals surface area contributed by atoms with Gasteiger partial charge in [-0.05, 0) is 31.9 Å². The van der Waals surface area contributed by atoms with E-state index in [1.807, 2.05) is 13.0 Å². The first-order valence-corrected chi connectivity index (χ1v) is 5.02. The highest BCUT2D eigenvalue weighted by Crippen LogP contribution is 2.21. The largest absolute Gasteiger partial charge is 0.343 e. The normalized spacial score (nSPS) is 13.6. The van der Waals surface area contributed by atoms with E-state index in [9.17, 15) is 4.79 Å². The molecule has 16 heavy (non-hydrogen) atoms. The summed E-state index contributed by atoms with van der Waals surface area (Å²) in [4.78, 5) is 11.9. The van der Waals surface area contributed by atoms with Crippen LogP contribution in [0.3, 0.4) is 0 Å². The minimum atomic E-state index is -2.98. The lowest BCUT2D eigenvalue weighted by Crippen LogP contribution is -2.40. The molecule has 1 aromatic rings. The van der Waals surface area contributed by atoms with Gasteiger partial charge in [0.15, 0.2) is 5.78 Å². The molecule has 0 amide bonds. The smallest absolute Gasteiger partial charge is 0.285 e. The second-order valence-corrected chi connectivity index (χ2v) is 4.02. The van der Waals surface area contributed by atoms with Crippen molar-refractivity contribution in [1.29, 1.82) is 0 Å². The van der Waals surface area contributed by atoms with Gasteiger partial charge < -0.3 is 15.3 Å². The van der Waals surface area contributed by atoms with Crippen LogP contribution in [0.5, 0.6) is 0 Å². The Labute approximate surface area is 94.2 Å². The summed E-state index contributed by atoms with van der Waals surface area (Å²) in [6.45, 7) is 4.91. The molecule has 0 fully saturated rings. The molecule has 0 saturated heterocycles. The number of benzene rings is 1. The van der Waals surface area contributed by atoms with E-state index in [1.165, 1.54) is 6.92 Å². The number of Topliss-reactive ketones (excluding diaryl/α,β-unsaturated/α-hetero) is 1. The quantitative estimate of drug-likeness (QED) is 0.523.